The third kappa shape index (κ3) is 5.05. The number of halogens is 3. The first kappa shape index (κ1) is 26.3. The predicted molar refractivity (Wildman–Crippen MR) is 135 cm³/mol. The largest absolute Gasteiger partial charge is 0.392 e. The van der Waals surface area contributed by atoms with Crippen LogP contribution in [0.5, 0.6) is 0 Å². The summed E-state index contributed by atoms with van der Waals surface area (Å²) in [5.41, 5.74) is -0.216. The molecule has 4 N–H and O–H groups in total. The molecule has 0 unspecified atom stereocenters. The molecular weight excluding hydrogens is 499 g/mol. The standard InChI is InChI=1S/C27H30F3N5O3/c1-15(17-3-2-4-18(24(17)28)25(29)30)34-20-5-8-31-22-14-33-23(12-19(20)22)27(38)6-9-35(10-7-27)26(37)21-11-16(36)13-32-21/h2-5,8,12,14-16,21,25,32,36,38H,6-7,9-11,13H2,1H3,(H,31,34)/t15-,16-,21-/m1/s1. The molecule has 2 fully saturated rings. The van der Waals surface area contributed by atoms with Crippen LogP contribution in [0.4, 0.5) is 18.9 Å². The van der Waals surface area contributed by atoms with Gasteiger partial charge >= 0.3 is 0 Å². The van der Waals surface area contributed by atoms with Crippen LogP contribution in [0.3, 0.4) is 0 Å². The van der Waals surface area contributed by atoms with Gasteiger partial charge in [0.15, 0.2) is 0 Å². The highest BCUT2D eigenvalue weighted by Crippen LogP contribution is 2.36. The summed E-state index contributed by atoms with van der Waals surface area (Å²) in [7, 11) is 0. The number of carbonyl (C=O) groups is 1. The van der Waals surface area contributed by atoms with E-state index in [4.69, 9.17) is 0 Å². The number of aliphatic hydroxyl groups excluding tert-OH is 1. The second kappa shape index (κ2) is 10.5. The number of likely N-dealkylation sites (tertiary alicyclic amines) is 1. The minimum atomic E-state index is -2.92. The summed E-state index contributed by atoms with van der Waals surface area (Å²) in [6.07, 6.45) is 0.630. The zero-order valence-electron chi connectivity index (χ0n) is 20.9. The molecule has 2 aromatic heterocycles. The van der Waals surface area contributed by atoms with E-state index in [9.17, 15) is 28.2 Å². The number of alkyl halides is 2. The van der Waals surface area contributed by atoms with E-state index < -0.39 is 41.6 Å². The minimum absolute atomic E-state index is 0.0807. The fraction of sp³-hybridized carbons (Fsp3) is 0.444. The number of nitrogens with one attached hydrogen (secondary N) is 2. The van der Waals surface area contributed by atoms with Crippen LogP contribution in [-0.4, -0.2) is 62.8 Å². The number of fused-ring (bicyclic) bond motifs is 1. The van der Waals surface area contributed by atoms with Crippen LogP contribution in [0.1, 0.15) is 55.5 Å². The van der Waals surface area contributed by atoms with E-state index in [0.29, 0.717) is 48.3 Å². The highest BCUT2D eigenvalue weighted by Gasteiger charge is 2.39. The quantitative estimate of drug-likeness (QED) is 0.387. The van der Waals surface area contributed by atoms with E-state index in [2.05, 4.69) is 20.6 Å². The number of amides is 1. The van der Waals surface area contributed by atoms with Gasteiger partial charge in [0.05, 0.1) is 41.2 Å². The number of benzene rings is 1. The molecule has 0 radical (unpaired) electrons. The van der Waals surface area contributed by atoms with Crippen molar-refractivity contribution in [1.82, 2.24) is 20.2 Å². The Labute approximate surface area is 217 Å². The number of rotatable bonds is 6. The summed E-state index contributed by atoms with van der Waals surface area (Å²) < 4.78 is 41.1. The van der Waals surface area contributed by atoms with Gasteiger partial charge in [-0.15, -0.1) is 0 Å². The smallest absolute Gasteiger partial charge is 0.266 e. The maximum Gasteiger partial charge on any atom is 0.266 e. The first-order valence-corrected chi connectivity index (χ1v) is 12.7. The molecule has 3 aromatic rings. The number of aromatic nitrogens is 2. The Morgan fingerprint density at radius 2 is 1.95 bits per heavy atom. The maximum absolute atomic E-state index is 14.7. The summed E-state index contributed by atoms with van der Waals surface area (Å²) in [4.78, 5) is 23.3. The van der Waals surface area contributed by atoms with Gasteiger partial charge < -0.3 is 25.7 Å². The summed E-state index contributed by atoms with van der Waals surface area (Å²) in [5, 5.41) is 28.0. The van der Waals surface area contributed by atoms with Gasteiger partial charge in [-0.1, -0.05) is 18.2 Å². The third-order valence-electron chi connectivity index (χ3n) is 7.54. The SMILES string of the molecule is C[C@@H](Nc1ccnc2cnc(C3(O)CCN(C(=O)[C@H]4C[C@@H](O)CN4)CC3)cc12)c1cccc(C(F)F)c1F. The van der Waals surface area contributed by atoms with Crippen molar-refractivity contribution in [1.29, 1.82) is 0 Å². The Bertz CT molecular complexity index is 1330. The minimum Gasteiger partial charge on any atom is -0.392 e. The molecule has 2 aliphatic rings. The predicted octanol–water partition coefficient (Wildman–Crippen LogP) is 3.41. The van der Waals surface area contributed by atoms with Crippen LogP contribution >= 0.6 is 0 Å². The van der Waals surface area contributed by atoms with Crippen LogP contribution in [-0.2, 0) is 10.4 Å². The van der Waals surface area contributed by atoms with E-state index in [-0.39, 0.29) is 24.3 Å². The van der Waals surface area contributed by atoms with Gasteiger partial charge in [0.25, 0.3) is 6.43 Å². The molecule has 5 rings (SSSR count). The van der Waals surface area contributed by atoms with E-state index in [1.165, 1.54) is 12.1 Å². The number of hydrogen-bond donors (Lipinski definition) is 4. The number of aliphatic hydroxyl groups is 2. The van der Waals surface area contributed by atoms with Crippen LogP contribution in [0.25, 0.3) is 10.9 Å². The summed E-state index contributed by atoms with van der Waals surface area (Å²) in [5.74, 6) is -1.02. The summed E-state index contributed by atoms with van der Waals surface area (Å²) in [6.45, 7) is 2.76. The maximum atomic E-state index is 14.7. The Balaban J connectivity index is 1.35. The molecule has 11 heteroatoms. The third-order valence-corrected chi connectivity index (χ3v) is 7.54. The normalized spacial score (nSPS) is 22.1. The van der Waals surface area contributed by atoms with E-state index in [1.807, 2.05) is 0 Å². The second-order valence-electron chi connectivity index (χ2n) is 10.1. The molecule has 38 heavy (non-hydrogen) atoms. The Morgan fingerprint density at radius 1 is 1.21 bits per heavy atom. The zero-order valence-corrected chi connectivity index (χ0v) is 20.9. The topological polar surface area (TPSA) is 111 Å². The lowest BCUT2D eigenvalue weighted by atomic mass is 9.87. The lowest BCUT2D eigenvalue weighted by molar-refractivity contribution is -0.138. The van der Waals surface area contributed by atoms with Gasteiger partial charge in [-0.05, 0) is 38.3 Å². The van der Waals surface area contributed by atoms with Gasteiger partial charge in [0.2, 0.25) is 5.91 Å². The first-order chi connectivity index (χ1) is 18.2. The first-order valence-electron chi connectivity index (χ1n) is 12.7. The Morgan fingerprint density at radius 3 is 2.63 bits per heavy atom. The van der Waals surface area contributed by atoms with Gasteiger partial charge in [0.1, 0.15) is 11.4 Å². The molecule has 0 bridgehead atoms. The number of hydrogen-bond acceptors (Lipinski definition) is 7. The van der Waals surface area contributed by atoms with E-state index >= 15 is 0 Å². The molecule has 8 nitrogen and oxygen atoms in total. The molecule has 0 aliphatic carbocycles. The lowest BCUT2D eigenvalue weighted by Crippen LogP contribution is -2.50. The molecule has 0 saturated carbocycles. The van der Waals surface area contributed by atoms with Gasteiger partial charge in [-0.3, -0.25) is 14.8 Å². The van der Waals surface area contributed by atoms with Crippen molar-refractivity contribution >= 4 is 22.5 Å². The summed E-state index contributed by atoms with van der Waals surface area (Å²) >= 11 is 0. The van der Waals surface area contributed by atoms with Gasteiger partial charge in [-0.25, -0.2) is 13.2 Å². The molecule has 3 atom stereocenters. The van der Waals surface area contributed by atoms with Crippen LogP contribution in [0, 0.1) is 5.82 Å². The van der Waals surface area contributed by atoms with Gasteiger partial charge in [-0.2, -0.15) is 0 Å². The molecule has 0 spiro atoms. The fourth-order valence-electron chi connectivity index (χ4n) is 5.29. The number of pyridine rings is 2. The van der Waals surface area contributed by atoms with Crippen LogP contribution in [0.15, 0.2) is 42.7 Å². The number of piperidine rings is 1. The monoisotopic (exact) mass is 529 g/mol. The highest BCUT2D eigenvalue weighted by molar-refractivity contribution is 5.91. The molecule has 1 aromatic carbocycles. The molecule has 1 amide bonds. The number of carbonyl (C=O) groups excluding carboxylic acids is 1. The van der Waals surface area contributed by atoms with Crippen molar-refractivity contribution in [2.24, 2.45) is 0 Å². The molecule has 2 aliphatic heterocycles. The van der Waals surface area contributed by atoms with Gasteiger partial charge in [0, 0.05) is 42.5 Å². The Kier molecular flexibility index (Phi) is 7.26. The number of β-amino-alcohol motifs (C(OH)–C–C–N with tert-alkyl or cyclic N) is 1. The molecule has 4 heterocycles. The van der Waals surface area contributed by atoms with Crippen molar-refractivity contribution in [3.05, 3.63) is 65.4 Å². The number of nitrogens with zero attached hydrogens (tertiary/aromatic N) is 3. The average molecular weight is 530 g/mol. The average Bonchev–Trinajstić information content (AvgIpc) is 3.34. The van der Waals surface area contributed by atoms with Crippen molar-refractivity contribution in [2.45, 2.75) is 56.4 Å². The van der Waals surface area contributed by atoms with Crippen molar-refractivity contribution < 1.29 is 28.2 Å². The lowest BCUT2D eigenvalue weighted by Gasteiger charge is -2.38. The van der Waals surface area contributed by atoms with Crippen molar-refractivity contribution in [3.8, 4) is 0 Å². The van der Waals surface area contributed by atoms with E-state index in [1.54, 1.807) is 36.4 Å². The molecule has 202 valence electrons. The fourth-order valence-corrected chi connectivity index (χ4v) is 5.29. The van der Waals surface area contributed by atoms with Crippen molar-refractivity contribution in [2.75, 3.05) is 25.0 Å². The zero-order chi connectivity index (χ0) is 27.0. The molecular formula is C27H30F3N5O3. The van der Waals surface area contributed by atoms with Crippen molar-refractivity contribution in [3.63, 3.8) is 0 Å². The van der Waals surface area contributed by atoms with Crippen LogP contribution in [0.2, 0.25) is 0 Å². The highest BCUT2D eigenvalue weighted by atomic mass is 19.3. The van der Waals surface area contributed by atoms with E-state index in [0.717, 1.165) is 6.07 Å². The Hall–Kier alpha value is -3.28. The summed E-state index contributed by atoms with van der Waals surface area (Å²) in [6, 6.07) is 6.33. The molecule has 2 saturated heterocycles. The van der Waals surface area contributed by atoms with Crippen LogP contribution < -0.4 is 10.6 Å². The number of anilines is 1. The second-order valence-corrected chi connectivity index (χ2v) is 10.1.